The zero-order valence-electron chi connectivity index (χ0n) is 11.2. The van der Waals surface area contributed by atoms with E-state index in [0.29, 0.717) is 6.61 Å². The van der Waals surface area contributed by atoms with Crippen LogP contribution in [0.2, 0.25) is 0 Å². The van der Waals surface area contributed by atoms with E-state index < -0.39 is 0 Å². The predicted molar refractivity (Wildman–Crippen MR) is 78.9 cm³/mol. The standard InChI is InChI=1S/C16H18ClNO/c1-3-19-14-9-7-13(8-10-14)16(17)12(2)15-6-4-5-11-18-15/h4-12,16H,3H2,1-2H3. The Kier molecular flexibility index (Phi) is 4.80. The fourth-order valence-corrected chi connectivity index (χ4v) is 2.27. The summed E-state index contributed by atoms with van der Waals surface area (Å²) in [7, 11) is 0. The van der Waals surface area contributed by atoms with Crippen molar-refractivity contribution in [3.8, 4) is 5.75 Å². The van der Waals surface area contributed by atoms with Crippen molar-refractivity contribution in [1.82, 2.24) is 4.98 Å². The smallest absolute Gasteiger partial charge is 0.119 e. The van der Waals surface area contributed by atoms with Crippen molar-refractivity contribution < 1.29 is 4.74 Å². The van der Waals surface area contributed by atoms with E-state index in [1.54, 1.807) is 6.20 Å². The normalized spacial score (nSPS) is 13.8. The minimum Gasteiger partial charge on any atom is -0.494 e. The first kappa shape index (κ1) is 13.9. The van der Waals surface area contributed by atoms with Crippen LogP contribution in [0.25, 0.3) is 0 Å². The van der Waals surface area contributed by atoms with Gasteiger partial charge in [0.05, 0.1) is 12.0 Å². The van der Waals surface area contributed by atoms with E-state index in [-0.39, 0.29) is 11.3 Å². The first-order valence-electron chi connectivity index (χ1n) is 6.50. The molecule has 1 aromatic carbocycles. The number of rotatable bonds is 5. The molecule has 100 valence electrons. The van der Waals surface area contributed by atoms with Crippen molar-refractivity contribution in [2.24, 2.45) is 0 Å². The number of benzene rings is 1. The Bertz CT molecular complexity index is 498. The Balaban J connectivity index is 2.12. The number of nitrogens with zero attached hydrogens (tertiary/aromatic N) is 1. The summed E-state index contributed by atoms with van der Waals surface area (Å²) in [6.07, 6.45) is 1.80. The van der Waals surface area contributed by atoms with Crippen LogP contribution in [0, 0.1) is 0 Å². The molecule has 0 spiro atoms. The van der Waals surface area contributed by atoms with Crippen LogP contribution >= 0.6 is 11.6 Å². The van der Waals surface area contributed by atoms with Crippen LogP contribution in [0.5, 0.6) is 5.75 Å². The Hall–Kier alpha value is -1.54. The molecule has 2 nitrogen and oxygen atoms in total. The summed E-state index contributed by atoms with van der Waals surface area (Å²) >= 11 is 6.54. The first-order valence-corrected chi connectivity index (χ1v) is 6.93. The monoisotopic (exact) mass is 275 g/mol. The molecule has 0 aliphatic heterocycles. The average molecular weight is 276 g/mol. The summed E-state index contributed by atoms with van der Waals surface area (Å²) in [5.74, 6) is 1.04. The zero-order chi connectivity index (χ0) is 13.7. The van der Waals surface area contributed by atoms with Gasteiger partial charge in [-0.15, -0.1) is 11.6 Å². The fraction of sp³-hybridized carbons (Fsp3) is 0.312. The molecule has 3 heteroatoms. The maximum Gasteiger partial charge on any atom is 0.119 e. The van der Waals surface area contributed by atoms with Crippen molar-refractivity contribution in [3.63, 3.8) is 0 Å². The number of hydrogen-bond acceptors (Lipinski definition) is 2. The third kappa shape index (κ3) is 3.48. The Labute approximate surface area is 119 Å². The summed E-state index contributed by atoms with van der Waals surface area (Å²) in [4.78, 5) is 4.36. The molecule has 1 aromatic heterocycles. The van der Waals surface area contributed by atoms with Crippen LogP contribution in [0.4, 0.5) is 0 Å². The molecule has 2 unspecified atom stereocenters. The van der Waals surface area contributed by atoms with Crippen molar-refractivity contribution >= 4 is 11.6 Å². The molecule has 2 rings (SSSR count). The SMILES string of the molecule is CCOc1ccc(C(Cl)C(C)c2ccccn2)cc1. The van der Waals surface area contributed by atoms with Gasteiger partial charge in [-0.3, -0.25) is 4.98 Å². The number of ether oxygens (including phenoxy) is 1. The highest BCUT2D eigenvalue weighted by molar-refractivity contribution is 6.21. The summed E-state index contributed by atoms with van der Waals surface area (Å²) in [6, 6.07) is 13.9. The van der Waals surface area contributed by atoms with E-state index in [1.807, 2.05) is 49.4 Å². The van der Waals surface area contributed by atoms with Crippen LogP contribution in [-0.2, 0) is 0 Å². The maximum atomic E-state index is 6.54. The van der Waals surface area contributed by atoms with E-state index in [9.17, 15) is 0 Å². The lowest BCUT2D eigenvalue weighted by molar-refractivity contribution is 0.340. The largest absolute Gasteiger partial charge is 0.494 e. The predicted octanol–water partition coefficient (Wildman–Crippen LogP) is 4.56. The zero-order valence-corrected chi connectivity index (χ0v) is 12.0. The second-order valence-corrected chi connectivity index (χ2v) is 4.92. The molecular formula is C16H18ClNO. The maximum absolute atomic E-state index is 6.54. The quantitative estimate of drug-likeness (QED) is 0.746. The van der Waals surface area contributed by atoms with Gasteiger partial charge in [-0.2, -0.15) is 0 Å². The molecule has 0 radical (unpaired) electrons. The van der Waals surface area contributed by atoms with Crippen molar-refractivity contribution in [2.75, 3.05) is 6.61 Å². The summed E-state index contributed by atoms with van der Waals surface area (Å²) < 4.78 is 5.43. The number of alkyl halides is 1. The van der Waals surface area contributed by atoms with Crippen LogP contribution in [0.15, 0.2) is 48.7 Å². The topological polar surface area (TPSA) is 22.1 Å². The molecule has 1 heterocycles. The second kappa shape index (κ2) is 6.58. The van der Waals surface area contributed by atoms with Gasteiger partial charge in [-0.25, -0.2) is 0 Å². The van der Waals surface area contributed by atoms with Gasteiger partial charge in [0.25, 0.3) is 0 Å². The third-order valence-electron chi connectivity index (χ3n) is 3.10. The molecule has 0 amide bonds. The average Bonchev–Trinajstić information content (AvgIpc) is 2.48. The summed E-state index contributed by atoms with van der Waals surface area (Å²) in [6.45, 7) is 4.74. The molecule has 0 aliphatic carbocycles. The molecule has 0 aliphatic rings. The van der Waals surface area contributed by atoms with Gasteiger partial charge >= 0.3 is 0 Å². The van der Waals surface area contributed by atoms with Crippen LogP contribution < -0.4 is 4.74 Å². The third-order valence-corrected chi connectivity index (χ3v) is 3.73. The summed E-state index contributed by atoms with van der Waals surface area (Å²) in [5.41, 5.74) is 2.10. The molecule has 0 fully saturated rings. The van der Waals surface area contributed by atoms with Gasteiger partial charge in [0, 0.05) is 17.8 Å². The van der Waals surface area contributed by atoms with Gasteiger partial charge in [0.2, 0.25) is 0 Å². The lowest BCUT2D eigenvalue weighted by atomic mass is 9.97. The van der Waals surface area contributed by atoms with Gasteiger partial charge in [0.15, 0.2) is 0 Å². The van der Waals surface area contributed by atoms with Gasteiger partial charge in [-0.1, -0.05) is 25.1 Å². The number of pyridine rings is 1. The minimum absolute atomic E-state index is 0.0921. The number of halogens is 1. The molecule has 2 aromatic rings. The number of hydrogen-bond donors (Lipinski definition) is 0. The van der Waals surface area contributed by atoms with Crippen LogP contribution in [-0.4, -0.2) is 11.6 Å². The molecule has 19 heavy (non-hydrogen) atoms. The van der Waals surface area contributed by atoms with Crippen molar-refractivity contribution in [1.29, 1.82) is 0 Å². The lowest BCUT2D eigenvalue weighted by Crippen LogP contribution is -2.04. The Morgan fingerprint density at radius 3 is 2.47 bits per heavy atom. The van der Waals surface area contributed by atoms with Gasteiger partial charge < -0.3 is 4.74 Å². The highest BCUT2D eigenvalue weighted by Gasteiger charge is 2.19. The van der Waals surface area contributed by atoms with Crippen molar-refractivity contribution in [2.45, 2.75) is 25.1 Å². The first-order chi connectivity index (χ1) is 9.22. The lowest BCUT2D eigenvalue weighted by Gasteiger charge is -2.18. The van der Waals surface area contributed by atoms with Crippen LogP contribution in [0.3, 0.4) is 0 Å². The second-order valence-electron chi connectivity index (χ2n) is 4.45. The van der Waals surface area contributed by atoms with E-state index >= 15 is 0 Å². The summed E-state index contributed by atoms with van der Waals surface area (Å²) in [5, 5.41) is -0.0921. The minimum atomic E-state index is -0.0921. The van der Waals surface area contributed by atoms with Gasteiger partial charge in [0.1, 0.15) is 5.75 Å². The Morgan fingerprint density at radius 2 is 1.89 bits per heavy atom. The highest BCUT2D eigenvalue weighted by Crippen LogP contribution is 2.35. The van der Waals surface area contributed by atoms with Gasteiger partial charge in [-0.05, 0) is 36.8 Å². The Morgan fingerprint density at radius 1 is 1.16 bits per heavy atom. The molecular weight excluding hydrogens is 258 g/mol. The number of aromatic nitrogens is 1. The van der Waals surface area contributed by atoms with E-state index in [4.69, 9.17) is 16.3 Å². The van der Waals surface area contributed by atoms with Crippen molar-refractivity contribution in [3.05, 3.63) is 59.9 Å². The molecule has 0 bridgehead atoms. The van der Waals surface area contributed by atoms with Crippen LogP contribution in [0.1, 0.15) is 36.4 Å². The molecule has 0 saturated heterocycles. The fourth-order valence-electron chi connectivity index (χ4n) is 2.00. The highest BCUT2D eigenvalue weighted by atomic mass is 35.5. The van der Waals surface area contributed by atoms with E-state index in [1.165, 1.54) is 0 Å². The molecule has 0 saturated carbocycles. The van der Waals surface area contributed by atoms with E-state index in [2.05, 4.69) is 11.9 Å². The molecule has 0 N–H and O–H groups in total. The van der Waals surface area contributed by atoms with E-state index in [0.717, 1.165) is 17.0 Å². The molecule has 2 atom stereocenters.